The number of hydrogen-bond donors (Lipinski definition) is 2. The Balaban J connectivity index is 1.37. The number of nitrogens with zero attached hydrogens (tertiary/aromatic N) is 4. The third-order valence-corrected chi connectivity index (χ3v) is 6.21. The molecule has 0 aromatic carbocycles. The fourth-order valence-corrected chi connectivity index (χ4v) is 4.47. The van der Waals surface area contributed by atoms with E-state index >= 15 is 0 Å². The number of aliphatic imine (C=N–C) groups is 1. The first kappa shape index (κ1) is 19.9. The second-order valence-electron chi connectivity index (χ2n) is 7.32. The maximum Gasteiger partial charge on any atom is 0.191 e. The summed E-state index contributed by atoms with van der Waals surface area (Å²) in [6.07, 6.45) is 2.20. The molecule has 1 atom stereocenters. The van der Waals surface area contributed by atoms with Gasteiger partial charge in [0.1, 0.15) is 0 Å². The molecule has 3 heterocycles. The van der Waals surface area contributed by atoms with Crippen molar-refractivity contribution in [3.05, 3.63) is 39.3 Å². The second-order valence-corrected chi connectivity index (χ2v) is 8.32. The molecule has 2 N–H and O–H groups in total. The average molecular weight is 389 g/mol. The molecule has 1 unspecified atom stereocenters. The number of aryl methyl sites for hydroxylation is 3. The van der Waals surface area contributed by atoms with Gasteiger partial charge in [-0.2, -0.15) is 5.10 Å². The molecule has 0 saturated carbocycles. The normalized spacial score (nSPS) is 16.2. The Morgan fingerprint density at radius 1 is 1.37 bits per heavy atom. The molecule has 7 heteroatoms. The summed E-state index contributed by atoms with van der Waals surface area (Å²) in [5.74, 6) is 0.878. The molecule has 1 aliphatic rings. The highest BCUT2D eigenvalue weighted by Gasteiger charge is 2.21. The largest absolute Gasteiger partial charge is 0.356 e. The Morgan fingerprint density at radius 3 is 2.96 bits per heavy atom. The van der Waals surface area contributed by atoms with Crippen LogP contribution in [0.2, 0.25) is 0 Å². The first-order chi connectivity index (χ1) is 13.1. The second kappa shape index (κ2) is 9.37. The summed E-state index contributed by atoms with van der Waals surface area (Å²) < 4.78 is 2.07. The number of hydrogen-bond acceptors (Lipinski definition) is 4. The number of rotatable bonds is 7. The van der Waals surface area contributed by atoms with E-state index in [0.29, 0.717) is 6.04 Å². The van der Waals surface area contributed by atoms with E-state index in [9.17, 15) is 0 Å². The van der Waals surface area contributed by atoms with Crippen molar-refractivity contribution in [2.24, 2.45) is 4.99 Å². The van der Waals surface area contributed by atoms with Crippen LogP contribution in [0.1, 0.15) is 35.2 Å². The van der Waals surface area contributed by atoms with Crippen LogP contribution in [-0.2, 0) is 19.5 Å². The van der Waals surface area contributed by atoms with E-state index in [1.165, 1.54) is 17.7 Å². The molecule has 0 fully saturated rings. The monoisotopic (exact) mass is 388 g/mol. The van der Waals surface area contributed by atoms with Crippen LogP contribution >= 0.6 is 11.3 Å². The quantitative estimate of drug-likeness (QED) is 0.435. The van der Waals surface area contributed by atoms with Crippen LogP contribution in [0.5, 0.6) is 0 Å². The van der Waals surface area contributed by atoms with E-state index < -0.39 is 0 Å². The fourth-order valence-electron chi connectivity index (χ4n) is 3.58. The summed E-state index contributed by atoms with van der Waals surface area (Å²) in [6.45, 7) is 11.4. The summed E-state index contributed by atoms with van der Waals surface area (Å²) in [5.41, 5.74) is 3.81. The van der Waals surface area contributed by atoms with Crippen molar-refractivity contribution in [2.75, 3.05) is 26.7 Å². The van der Waals surface area contributed by atoms with Crippen molar-refractivity contribution in [3.63, 3.8) is 0 Å². The van der Waals surface area contributed by atoms with Crippen LogP contribution < -0.4 is 10.6 Å². The zero-order valence-corrected chi connectivity index (χ0v) is 17.8. The highest BCUT2D eigenvalue weighted by Crippen LogP contribution is 2.24. The molecule has 2 aromatic rings. The average Bonchev–Trinajstić information content (AvgIpc) is 3.25. The molecule has 0 bridgehead atoms. The van der Waals surface area contributed by atoms with Crippen molar-refractivity contribution >= 4 is 17.3 Å². The summed E-state index contributed by atoms with van der Waals surface area (Å²) in [6, 6.07) is 4.87. The van der Waals surface area contributed by atoms with Gasteiger partial charge >= 0.3 is 0 Å². The van der Waals surface area contributed by atoms with Gasteiger partial charge in [-0.3, -0.25) is 14.6 Å². The van der Waals surface area contributed by atoms with Crippen LogP contribution in [0.15, 0.2) is 22.5 Å². The summed E-state index contributed by atoms with van der Waals surface area (Å²) in [4.78, 5) is 8.47. The number of guanidine groups is 1. The van der Waals surface area contributed by atoms with Crippen LogP contribution in [0.25, 0.3) is 0 Å². The van der Waals surface area contributed by atoms with Crippen LogP contribution in [0, 0.1) is 13.8 Å². The number of nitrogens with one attached hydrogen (secondary N) is 2. The zero-order chi connectivity index (χ0) is 19.2. The standard InChI is InChI=1S/C20H32N6S/c1-15-12-16(2)26(24-15)9-5-8-22-20(21-4)23-13-17(3)25-10-6-19-18(14-25)7-11-27-19/h7,11-12,17H,5-6,8-10,13-14H2,1-4H3,(H2,21,22,23). The van der Waals surface area contributed by atoms with Crippen molar-refractivity contribution < 1.29 is 0 Å². The lowest BCUT2D eigenvalue weighted by Gasteiger charge is -2.32. The van der Waals surface area contributed by atoms with E-state index in [1.54, 1.807) is 4.88 Å². The Morgan fingerprint density at radius 2 is 2.22 bits per heavy atom. The molecule has 6 nitrogen and oxygen atoms in total. The van der Waals surface area contributed by atoms with Gasteiger partial charge in [-0.05, 0) is 56.7 Å². The van der Waals surface area contributed by atoms with Gasteiger partial charge in [-0.15, -0.1) is 11.3 Å². The third kappa shape index (κ3) is 5.32. The minimum atomic E-state index is 0.478. The molecular weight excluding hydrogens is 356 g/mol. The number of thiophene rings is 1. The van der Waals surface area contributed by atoms with Crippen molar-refractivity contribution in [1.82, 2.24) is 25.3 Å². The number of fused-ring (bicyclic) bond motifs is 1. The van der Waals surface area contributed by atoms with Crippen molar-refractivity contribution in [1.29, 1.82) is 0 Å². The lowest BCUT2D eigenvalue weighted by atomic mass is 10.1. The molecule has 3 rings (SSSR count). The smallest absolute Gasteiger partial charge is 0.191 e. The summed E-state index contributed by atoms with van der Waals surface area (Å²) in [5, 5.41) is 13.6. The van der Waals surface area contributed by atoms with E-state index in [2.05, 4.69) is 61.7 Å². The van der Waals surface area contributed by atoms with Gasteiger partial charge in [-0.25, -0.2) is 0 Å². The Hall–Kier alpha value is -1.86. The molecule has 0 saturated heterocycles. The van der Waals surface area contributed by atoms with Crippen molar-refractivity contribution in [3.8, 4) is 0 Å². The van der Waals surface area contributed by atoms with Gasteiger partial charge in [0.15, 0.2) is 5.96 Å². The van der Waals surface area contributed by atoms with Gasteiger partial charge in [0, 0.05) is 56.4 Å². The maximum atomic E-state index is 4.51. The molecule has 0 radical (unpaired) electrons. The molecule has 2 aromatic heterocycles. The minimum absolute atomic E-state index is 0.478. The number of aromatic nitrogens is 2. The zero-order valence-electron chi connectivity index (χ0n) is 17.0. The summed E-state index contributed by atoms with van der Waals surface area (Å²) in [7, 11) is 1.83. The molecule has 27 heavy (non-hydrogen) atoms. The maximum absolute atomic E-state index is 4.51. The summed E-state index contributed by atoms with van der Waals surface area (Å²) >= 11 is 1.90. The highest BCUT2D eigenvalue weighted by atomic mass is 32.1. The lowest BCUT2D eigenvalue weighted by Crippen LogP contribution is -2.47. The van der Waals surface area contributed by atoms with Crippen LogP contribution in [-0.4, -0.2) is 53.4 Å². The highest BCUT2D eigenvalue weighted by molar-refractivity contribution is 7.10. The van der Waals surface area contributed by atoms with Crippen molar-refractivity contribution in [2.45, 2.75) is 52.7 Å². The van der Waals surface area contributed by atoms with E-state index in [4.69, 9.17) is 0 Å². The minimum Gasteiger partial charge on any atom is -0.356 e. The van der Waals surface area contributed by atoms with E-state index in [-0.39, 0.29) is 0 Å². The third-order valence-electron chi connectivity index (χ3n) is 5.19. The molecule has 148 valence electrons. The van der Waals surface area contributed by atoms with Crippen LogP contribution in [0.4, 0.5) is 0 Å². The molecule has 0 amide bonds. The molecule has 0 spiro atoms. The molecular formula is C20H32N6S. The Labute approximate surface area is 166 Å². The van der Waals surface area contributed by atoms with Gasteiger partial charge in [0.05, 0.1) is 5.69 Å². The fraction of sp³-hybridized carbons (Fsp3) is 0.600. The van der Waals surface area contributed by atoms with Crippen LogP contribution in [0.3, 0.4) is 0 Å². The Bertz CT molecular complexity index is 762. The predicted octanol–water partition coefficient (Wildman–Crippen LogP) is 2.56. The van der Waals surface area contributed by atoms with E-state index in [1.807, 2.05) is 25.3 Å². The SMILES string of the molecule is CN=C(NCCCn1nc(C)cc1C)NCC(C)N1CCc2sccc2C1. The van der Waals surface area contributed by atoms with Gasteiger partial charge in [0.25, 0.3) is 0 Å². The predicted molar refractivity (Wildman–Crippen MR) is 114 cm³/mol. The lowest BCUT2D eigenvalue weighted by molar-refractivity contribution is 0.192. The molecule has 1 aliphatic heterocycles. The van der Waals surface area contributed by atoms with Gasteiger partial charge in [-0.1, -0.05) is 0 Å². The van der Waals surface area contributed by atoms with Gasteiger partial charge < -0.3 is 10.6 Å². The van der Waals surface area contributed by atoms with E-state index in [0.717, 1.165) is 50.8 Å². The Kier molecular flexibility index (Phi) is 6.90. The van der Waals surface area contributed by atoms with Gasteiger partial charge in [0.2, 0.25) is 0 Å². The first-order valence-corrected chi connectivity index (χ1v) is 10.7. The first-order valence-electron chi connectivity index (χ1n) is 9.81. The topological polar surface area (TPSA) is 57.5 Å². The molecule has 0 aliphatic carbocycles.